The van der Waals surface area contributed by atoms with Gasteiger partial charge in [-0.15, -0.1) is 0 Å². The molecule has 182 valence electrons. The lowest BCUT2D eigenvalue weighted by molar-refractivity contribution is -0.0189. The molecule has 3 aromatic heterocycles. The summed E-state index contributed by atoms with van der Waals surface area (Å²) in [5, 5.41) is 5.18. The Labute approximate surface area is 204 Å². The van der Waals surface area contributed by atoms with Gasteiger partial charge in [-0.1, -0.05) is 6.92 Å². The molecular formula is C27H31N5O3. The van der Waals surface area contributed by atoms with E-state index < -0.39 is 11.1 Å². The SMILES string of the molecule is C[C@@H]1c2nc(Nc3cc4c([C@](C)(N)C5CC5)ncc(OC5CC5)c4cn3)ccc2C(=O)OC1(C)C. The number of nitrogens with zero attached hydrogens (tertiary/aromatic N) is 3. The van der Waals surface area contributed by atoms with E-state index >= 15 is 0 Å². The number of anilines is 2. The maximum absolute atomic E-state index is 12.4. The van der Waals surface area contributed by atoms with Crippen LogP contribution in [0.5, 0.6) is 5.75 Å². The van der Waals surface area contributed by atoms with E-state index in [9.17, 15) is 4.79 Å². The standard InChI is InChI=1S/C27H31N5O3/c1-14-23-17(25(33)35-26(14,2)3)9-10-21(32-23)31-22-11-18-19(12-29-22)20(34-16-7-8-16)13-30-24(18)27(4,28)15-5-6-15/h9-16H,5-8,28H2,1-4H3,(H,29,31,32)/t14-,27-/m1/s1. The normalized spacial score (nSPS) is 22.8. The van der Waals surface area contributed by atoms with Crippen LogP contribution in [-0.4, -0.2) is 32.6 Å². The third-order valence-electron chi connectivity index (χ3n) is 7.70. The highest BCUT2D eigenvalue weighted by Crippen LogP contribution is 2.46. The molecular weight excluding hydrogens is 442 g/mol. The predicted molar refractivity (Wildman–Crippen MR) is 133 cm³/mol. The van der Waals surface area contributed by atoms with Gasteiger partial charge in [-0.3, -0.25) is 4.98 Å². The van der Waals surface area contributed by atoms with Gasteiger partial charge in [0.05, 0.1) is 34.8 Å². The van der Waals surface area contributed by atoms with Gasteiger partial charge >= 0.3 is 5.97 Å². The quantitative estimate of drug-likeness (QED) is 0.484. The highest BCUT2D eigenvalue weighted by Gasteiger charge is 2.42. The van der Waals surface area contributed by atoms with Crippen LogP contribution in [0.1, 0.15) is 81.0 Å². The molecule has 0 bridgehead atoms. The molecule has 3 aliphatic rings. The predicted octanol–water partition coefficient (Wildman–Crippen LogP) is 4.95. The van der Waals surface area contributed by atoms with E-state index in [1.165, 1.54) is 0 Å². The third kappa shape index (κ3) is 3.89. The van der Waals surface area contributed by atoms with Crippen molar-refractivity contribution in [1.29, 1.82) is 0 Å². The second kappa shape index (κ2) is 7.62. The number of nitrogens with two attached hydrogens (primary N) is 1. The Morgan fingerprint density at radius 3 is 2.60 bits per heavy atom. The average molecular weight is 474 g/mol. The summed E-state index contributed by atoms with van der Waals surface area (Å²) in [6.07, 6.45) is 8.25. The van der Waals surface area contributed by atoms with Crippen LogP contribution in [0, 0.1) is 5.92 Å². The van der Waals surface area contributed by atoms with Crippen LogP contribution in [0.3, 0.4) is 0 Å². The number of fused-ring (bicyclic) bond motifs is 2. The lowest BCUT2D eigenvalue weighted by atomic mass is 9.84. The Morgan fingerprint density at radius 1 is 1.11 bits per heavy atom. The Hall–Kier alpha value is -3.26. The Balaban J connectivity index is 1.39. The molecule has 6 rings (SSSR count). The molecule has 0 amide bonds. The van der Waals surface area contributed by atoms with Gasteiger partial charge in [-0.2, -0.15) is 0 Å². The van der Waals surface area contributed by atoms with Crippen LogP contribution in [-0.2, 0) is 10.3 Å². The largest absolute Gasteiger partial charge is 0.488 e. The summed E-state index contributed by atoms with van der Waals surface area (Å²) in [5.74, 6) is 2.03. The number of hydrogen-bond donors (Lipinski definition) is 2. The zero-order valence-electron chi connectivity index (χ0n) is 20.6. The van der Waals surface area contributed by atoms with E-state index in [1.54, 1.807) is 18.3 Å². The Kier molecular flexibility index (Phi) is 4.84. The Bertz CT molecular complexity index is 1340. The van der Waals surface area contributed by atoms with Gasteiger partial charge in [0.25, 0.3) is 0 Å². The summed E-state index contributed by atoms with van der Waals surface area (Å²) in [7, 11) is 0. The molecule has 0 saturated heterocycles. The minimum absolute atomic E-state index is 0.0454. The number of carbonyl (C=O) groups excluding carboxylic acids is 1. The molecule has 4 heterocycles. The van der Waals surface area contributed by atoms with Crippen molar-refractivity contribution in [2.75, 3.05) is 5.32 Å². The summed E-state index contributed by atoms with van der Waals surface area (Å²) < 4.78 is 11.7. The van der Waals surface area contributed by atoms with Crippen molar-refractivity contribution in [3.8, 4) is 5.75 Å². The van der Waals surface area contributed by atoms with Crippen molar-refractivity contribution >= 4 is 28.4 Å². The van der Waals surface area contributed by atoms with Crippen LogP contribution in [0.2, 0.25) is 0 Å². The lowest BCUT2D eigenvalue weighted by Crippen LogP contribution is -2.39. The van der Waals surface area contributed by atoms with Crippen LogP contribution in [0.15, 0.2) is 30.6 Å². The summed E-state index contributed by atoms with van der Waals surface area (Å²) in [4.78, 5) is 26.7. The first-order valence-corrected chi connectivity index (χ1v) is 12.4. The van der Waals surface area contributed by atoms with Crippen molar-refractivity contribution in [2.24, 2.45) is 11.7 Å². The number of rotatable bonds is 6. The fraction of sp³-hybridized carbons (Fsp3) is 0.481. The third-order valence-corrected chi connectivity index (χ3v) is 7.70. The molecule has 2 saturated carbocycles. The lowest BCUT2D eigenvalue weighted by Gasteiger charge is -2.36. The molecule has 1 aliphatic heterocycles. The molecule has 0 aromatic carbocycles. The van der Waals surface area contributed by atoms with E-state index in [2.05, 4.69) is 17.2 Å². The molecule has 8 heteroatoms. The van der Waals surface area contributed by atoms with E-state index in [4.69, 9.17) is 25.2 Å². The minimum atomic E-state index is -0.621. The average Bonchev–Trinajstić information content (AvgIpc) is 3.71. The summed E-state index contributed by atoms with van der Waals surface area (Å²) >= 11 is 0. The summed E-state index contributed by atoms with van der Waals surface area (Å²) in [5.41, 5.74) is 7.75. The van der Waals surface area contributed by atoms with Crippen LogP contribution in [0.4, 0.5) is 11.6 Å². The molecule has 35 heavy (non-hydrogen) atoms. The first-order valence-electron chi connectivity index (χ1n) is 12.4. The first kappa shape index (κ1) is 22.2. The molecule has 0 radical (unpaired) electrons. The van der Waals surface area contributed by atoms with Crippen molar-refractivity contribution in [3.05, 3.63) is 47.5 Å². The maximum atomic E-state index is 12.4. The van der Waals surface area contributed by atoms with E-state index in [0.717, 1.165) is 53.6 Å². The second-order valence-electron chi connectivity index (χ2n) is 10.9. The number of aromatic nitrogens is 3. The fourth-order valence-corrected chi connectivity index (χ4v) is 4.83. The van der Waals surface area contributed by atoms with Gasteiger partial charge in [0.2, 0.25) is 0 Å². The smallest absolute Gasteiger partial charge is 0.340 e. The molecule has 2 fully saturated rings. The molecule has 0 unspecified atom stereocenters. The van der Waals surface area contributed by atoms with Crippen LogP contribution >= 0.6 is 0 Å². The van der Waals surface area contributed by atoms with Crippen molar-refractivity contribution in [1.82, 2.24) is 15.0 Å². The number of cyclic esters (lactones) is 1. The number of esters is 1. The van der Waals surface area contributed by atoms with Gasteiger partial charge in [0.1, 0.15) is 23.0 Å². The maximum Gasteiger partial charge on any atom is 0.340 e. The van der Waals surface area contributed by atoms with Gasteiger partial charge in [0.15, 0.2) is 0 Å². The first-order chi connectivity index (χ1) is 16.6. The topological polar surface area (TPSA) is 112 Å². The van der Waals surface area contributed by atoms with Crippen molar-refractivity contribution in [2.45, 2.75) is 76.5 Å². The zero-order chi connectivity index (χ0) is 24.5. The molecule has 0 spiro atoms. The van der Waals surface area contributed by atoms with Gasteiger partial charge in [0, 0.05) is 22.9 Å². The van der Waals surface area contributed by atoms with Gasteiger partial charge in [-0.05, 0) is 70.6 Å². The fourth-order valence-electron chi connectivity index (χ4n) is 4.83. The number of pyridine rings is 3. The van der Waals surface area contributed by atoms with Crippen molar-refractivity contribution in [3.63, 3.8) is 0 Å². The highest BCUT2D eigenvalue weighted by atomic mass is 16.6. The zero-order valence-corrected chi connectivity index (χ0v) is 20.6. The van der Waals surface area contributed by atoms with E-state index in [-0.39, 0.29) is 18.0 Å². The monoisotopic (exact) mass is 473 g/mol. The summed E-state index contributed by atoms with van der Waals surface area (Å²) in [6, 6.07) is 5.52. The second-order valence-corrected chi connectivity index (χ2v) is 10.9. The molecule has 2 aliphatic carbocycles. The number of nitrogens with one attached hydrogen (secondary N) is 1. The summed E-state index contributed by atoms with van der Waals surface area (Å²) in [6.45, 7) is 7.90. The minimum Gasteiger partial charge on any atom is -0.488 e. The molecule has 3 aromatic rings. The molecule has 3 N–H and O–H groups in total. The van der Waals surface area contributed by atoms with E-state index in [1.807, 2.05) is 33.0 Å². The number of ether oxygens (including phenoxy) is 2. The molecule has 8 nitrogen and oxygen atoms in total. The van der Waals surface area contributed by atoms with Crippen LogP contribution < -0.4 is 15.8 Å². The van der Waals surface area contributed by atoms with Gasteiger partial charge < -0.3 is 20.5 Å². The number of hydrogen-bond acceptors (Lipinski definition) is 8. The van der Waals surface area contributed by atoms with Gasteiger partial charge in [-0.25, -0.2) is 14.8 Å². The molecule has 2 atom stereocenters. The van der Waals surface area contributed by atoms with Crippen molar-refractivity contribution < 1.29 is 14.3 Å². The highest BCUT2D eigenvalue weighted by molar-refractivity contribution is 5.93. The number of carbonyl (C=O) groups is 1. The van der Waals surface area contributed by atoms with Crippen LogP contribution in [0.25, 0.3) is 10.8 Å². The van der Waals surface area contributed by atoms with E-state index in [0.29, 0.717) is 23.1 Å². The Morgan fingerprint density at radius 2 is 1.89 bits per heavy atom.